The van der Waals surface area contributed by atoms with Gasteiger partial charge in [-0.3, -0.25) is 9.78 Å². The molecule has 0 aromatic carbocycles. The minimum atomic E-state index is 0.0803. The van der Waals surface area contributed by atoms with E-state index in [0.29, 0.717) is 0 Å². The monoisotopic (exact) mass is 186 g/mol. The lowest BCUT2D eigenvalue weighted by Gasteiger charge is -2.06. The Morgan fingerprint density at radius 3 is 3.14 bits per heavy atom. The summed E-state index contributed by atoms with van der Waals surface area (Å²) in [6.07, 6.45) is 2.75. The molecule has 0 radical (unpaired) electrons. The van der Waals surface area contributed by atoms with Crippen molar-refractivity contribution in [3.8, 4) is 0 Å². The smallest absolute Gasteiger partial charge is 0.251 e. The van der Waals surface area contributed by atoms with Gasteiger partial charge in [-0.05, 0) is 31.0 Å². The summed E-state index contributed by atoms with van der Waals surface area (Å²) in [5, 5.41) is 0. The molecule has 3 rings (SSSR count). The summed E-state index contributed by atoms with van der Waals surface area (Å²) in [4.78, 5) is 15.9. The molecule has 0 fully saturated rings. The van der Waals surface area contributed by atoms with Crippen LogP contribution in [0.25, 0.3) is 11.0 Å². The van der Waals surface area contributed by atoms with Gasteiger partial charge < -0.3 is 4.57 Å². The maximum atomic E-state index is 11.6. The lowest BCUT2D eigenvalue weighted by atomic mass is 10.1. The van der Waals surface area contributed by atoms with E-state index in [4.69, 9.17) is 0 Å². The lowest BCUT2D eigenvalue weighted by molar-refractivity contribution is 0.579. The second kappa shape index (κ2) is 2.44. The Labute approximate surface area is 81.0 Å². The van der Waals surface area contributed by atoms with Gasteiger partial charge in [-0.15, -0.1) is 0 Å². The minimum Gasteiger partial charge on any atom is -0.303 e. The maximum absolute atomic E-state index is 11.6. The Morgan fingerprint density at radius 2 is 2.29 bits per heavy atom. The molecule has 0 spiro atoms. The molecule has 2 aromatic heterocycles. The summed E-state index contributed by atoms with van der Waals surface area (Å²) in [5.41, 5.74) is 3.26. The van der Waals surface area contributed by atoms with Crippen LogP contribution in [0.2, 0.25) is 0 Å². The Kier molecular flexibility index (Phi) is 1.35. The molecule has 70 valence electrons. The molecule has 3 heterocycles. The number of pyridine rings is 2. The van der Waals surface area contributed by atoms with Crippen molar-refractivity contribution in [1.29, 1.82) is 0 Å². The van der Waals surface area contributed by atoms with Crippen molar-refractivity contribution in [2.24, 2.45) is 0 Å². The van der Waals surface area contributed by atoms with Gasteiger partial charge in [0.15, 0.2) is 0 Å². The molecular weight excluding hydrogens is 176 g/mol. The normalized spacial score (nSPS) is 19.1. The van der Waals surface area contributed by atoms with Crippen LogP contribution in [-0.2, 0) is 6.42 Å². The highest BCUT2D eigenvalue weighted by atomic mass is 16.1. The van der Waals surface area contributed by atoms with E-state index < -0.39 is 0 Å². The minimum absolute atomic E-state index is 0.0803. The number of rotatable bonds is 0. The van der Waals surface area contributed by atoms with Gasteiger partial charge in [-0.2, -0.15) is 0 Å². The van der Waals surface area contributed by atoms with Crippen molar-refractivity contribution in [2.75, 3.05) is 0 Å². The summed E-state index contributed by atoms with van der Waals surface area (Å²) in [7, 11) is 0. The first-order valence-corrected chi connectivity index (χ1v) is 4.76. The summed E-state index contributed by atoms with van der Waals surface area (Å²) in [5.74, 6) is 0. The number of hydrogen-bond acceptors (Lipinski definition) is 2. The zero-order valence-electron chi connectivity index (χ0n) is 7.90. The zero-order chi connectivity index (χ0) is 9.71. The van der Waals surface area contributed by atoms with E-state index in [1.54, 1.807) is 12.1 Å². The van der Waals surface area contributed by atoms with Crippen molar-refractivity contribution in [1.82, 2.24) is 9.55 Å². The van der Waals surface area contributed by atoms with Gasteiger partial charge in [-0.25, -0.2) is 0 Å². The molecule has 0 saturated carbocycles. The molecule has 2 aromatic rings. The number of aromatic nitrogens is 2. The largest absolute Gasteiger partial charge is 0.303 e. The van der Waals surface area contributed by atoms with Crippen molar-refractivity contribution in [3.05, 3.63) is 40.3 Å². The van der Waals surface area contributed by atoms with Crippen LogP contribution in [0, 0.1) is 0 Å². The average Bonchev–Trinajstić information content (AvgIpc) is 2.51. The summed E-state index contributed by atoms with van der Waals surface area (Å²) in [6.45, 7) is 2.07. The summed E-state index contributed by atoms with van der Waals surface area (Å²) in [6, 6.07) is 5.67. The van der Waals surface area contributed by atoms with Gasteiger partial charge in [0.2, 0.25) is 0 Å². The van der Waals surface area contributed by atoms with E-state index in [-0.39, 0.29) is 11.6 Å². The van der Waals surface area contributed by atoms with Crippen LogP contribution >= 0.6 is 0 Å². The van der Waals surface area contributed by atoms with Crippen molar-refractivity contribution in [2.45, 2.75) is 19.4 Å². The second-order valence-electron chi connectivity index (χ2n) is 3.80. The highest BCUT2D eigenvalue weighted by molar-refractivity contribution is 5.79. The molecule has 0 aliphatic carbocycles. The SMILES string of the molecule is CC1Cc2ccnc3ccc(=O)n1c23. The Hall–Kier alpha value is -1.64. The fraction of sp³-hybridized carbons (Fsp3) is 0.273. The quantitative estimate of drug-likeness (QED) is 0.625. The second-order valence-corrected chi connectivity index (χ2v) is 3.80. The van der Waals surface area contributed by atoms with Crippen LogP contribution in [0.5, 0.6) is 0 Å². The van der Waals surface area contributed by atoms with Crippen LogP contribution in [-0.4, -0.2) is 9.55 Å². The molecule has 3 nitrogen and oxygen atoms in total. The van der Waals surface area contributed by atoms with Gasteiger partial charge >= 0.3 is 0 Å². The first-order valence-electron chi connectivity index (χ1n) is 4.76. The van der Waals surface area contributed by atoms with Crippen molar-refractivity contribution >= 4 is 11.0 Å². The molecule has 1 unspecified atom stereocenters. The Morgan fingerprint density at radius 1 is 1.43 bits per heavy atom. The topological polar surface area (TPSA) is 34.9 Å². The van der Waals surface area contributed by atoms with Gasteiger partial charge in [-0.1, -0.05) is 0 Å². The molecule has 0 bridgehead atoms. The fourth-order valence-electron chi connectivity index (χ4n) is 2.26. The van der Waals surface area contributed by atoms with Gasteiger partial charge in [0.1, 0.15) is 0 Å². The molecule has 14 heavy (non-hydrogen) atoms. The first kappa shape index (κ1) is 7.74. The first-order chi connectivity index (χ1) is 6.77. The van der Waals surface area contributed by atoms with Crippen molar-refractivity contribution in [3.63, 3.8) is 0 Å². The summed E-state index contributed by atoms with van der Waals surface area (Å²) < 4.78 is 1.84. The summed E-state index contributed by atoms with van der Waals surface area (Å²) >= 11 is 0. The zero-order valence-corrected chi connectivity index (χ0v) is 7.90. The van der Waals surface area contributed by atoms with Crippen molar-refractivity contribution < 1.29 is 0 Å². The predicted molar refractivity (Wildman–Crippen MR) is 54.4 cm³/mol. The van der Waals surface area contributed by atoms with Crippen LogP contribution in [0.3, 0.4) is 0 Å². The fourth-order valence-corrected chi connectivity index (χ4v) is 2.26. The highest BCUT2D eigenvalue weighted by Gasteiger charge is 2.21. The van der Waals surface area contributed by atoms with E-state index in [0.717, 1.165) is 17.5 Å². The van der Waals surface area contributed by atoms with E-state index in [1.165, 1.54) is 5.56 Å². The maximum Gasteiger partial charge on any atom is 0.251 e. The average molecular weight is 186 g/mol. The number of nitrogens with zero attached hydrogens (tertiary/aromatic N) is 2. The molecule has 1 atom stereocenters. The molecule has 1 aliphatic rings. The Balaban J connectivity index is 2.59. The van der Waals surface area contributed by atoms with E-state index in [9.17, 15) is 4.79 Å². The predicted octanol–water partition coefficient (Wildman–Crippen LogP) is 1.51. The van der Waals surface area contributed by atoms with Gasteiger partial charge in [0.25, 0.3) is 5.56 Å². The Bertz CT molecular complexity index is 571. The third-order valence-electron chi connectivity index (χ3n) is 2.85. The van der Waals surface area contributed by atoms with Crippen LogP contribution in [0.1, 0.15) is 18.5 Å². The molecular formula is C11H10N2O. The third kappa shape index (κ3) is 0.816. The molecule has 0 amide bonds. The number of hydrogen-bond donors (Lipinski definition) is 0. The molecule has 3 heteroatoms. The standard InChI is InChI=1S/C11H10N2O/c1-7-6-8-4-5-12-9-2-3-10(14)13(7)11(8)9/h2-5,7H,6H2,1H3. The van der Waals surface area contributed by atoms with Crippen LogP contribution in [0.15, 0.2) is 29.2 Å². The molecule has 0 N–H and O–H groups in total. The molecule has 1 aliphatic heterocycles. The molecule has 0 saturated heterocycles. The van der Waals surface area contributed by atoms with Gasteiger partial charge in [0, 0.05) is 18.3 Å². The lowest BCUT2D eigenvalue weighted by Crippen LogP contribution is -2.19. The highest BCUT2D eigenvalue weighted by Crippen LogP contribution is 2.28. The van der Waals surface area contributed by atoms with Crippen LogP contribution < -0.4 is 5.56 Å². The van der Waals surface area contributed by atoms with E-state index >= 15 is 0 Å². The van der Waals surface area contributed by atoms with E-state index in [2.05, 4.69) is 11.9 Å². The van der Waals surface area contributed by atoms with Gasteiger partial charge in [0.05, 0.1) is 11.0 Å². The third-order valence-corrected chi connectivity index (χ3v) is 2.85. The van der Waals surface area contributed by atoms with E-state index in [1.807, 2.05) is 16.8 Å². The van der Waals surface area contributed by atoms with Crippen LogP contribution in [0.4, 0.5) is 0 Å².